The Morgan fingerprint density at radius 2 is 2.22 bits per heavy atom. The van der Waals surface area contributed by atoms with E-state index in [1.54, 1.807) is 6.92 Å². The first-order valence-corrected chi connectivity index (χ1v) is 2.80. The molecular weight excluding hydrogens is 122 g/mol. The van der Waals surface area contributed by atoms with Crippen molar-refractivity contribution in [2.75, 3.05) is 0 Å². The molecule has 0 spiro atoms. The van der Waals surface area contributed by atoms with Gasteiger partial charge in [-0.05, 0) is 6.92 Å². The van der Waals surface area contributed by atoms with Crippen molar-refractivity contribution in [1.29, 1.82) is 0 Å². The minimum Gasteiger partial charge on any atom is -0.480 e. The van der Waals surface area contributed by atoms with E-state index < -0.39 is 18.1 Å². The summed E-state index contributed by atoms with van der Waals surface area (Å²) >= 11 is 0. The van der Waals surface area contributed by atoms with Crippen molar-refractivity contribution in [3.05, 3.63) is 0 Å². The molecule has 0 aromatic heterocycles. The van der Waals surface area contributed by atoms with Crippen molar-refractivity contribution in [2.24, 2.45) is 0 Å². The van der Waals surface area contributed by atoms with Crippen LogP contribution in [0.4, 0.5) is 0 Å². The molecule has 0 radical (unpaired) electrons. The zero-order valence-corrected chi connectivity index (χ0v) is 5.03. The Hall–Kier alpha value is -0.610. The summed E-state index contributed by atoms with van der Waals surface area (Å²) in [5.74, 6) is -0.986. The van der Waals surface area contributed by atoms with Gasteiger partial charge in [-0.15, -0.1) is 0 Å². The molecule has 4 heteroatoms. The van der Waals surface area contributed by atoms with Crippen LogP contribution in [0.2, 0.25) is 0 Å². The second-order valence-corrected chi connectivity index (χ2v) is 2.26. The van der Waals surface area contributed by atoms with Crippen LogP contribution in [0.25, 0.3) is 0 Å². The minimum atomic E-state index is -0.986. The molecule has 9 heavy (non-hydrogen) atoms. The zero-order valence-electron chi connectivity index (χ0n) is 5.03. The highest BCUT2D eigenvalue weighted by molar-refractivity contribution is 5.75. The summed E-state index contributed by atoms with van der Waals surface area (Å²) in [6.07, 6.45) is -0.720. The maximum absolute atomic E-state index is 10.1. The van der Waals surface area contributed by atoms with Gasteiger partial charge in [0.15, 0.2) is 0 Å². The van der Waals surface area contributed by atoms with Gasteiger partial charge in [0.2, 0.25) is 0 Å². The van der Waals surface area contributed by atoms with Crippen molar-refractivity contribution in [3.63, 3.8) is 0 Å². The van der Waals surface area contributed by atoms with Gasteiger partial charge in [0.25, 0.3) is 0 Å². The van der Waals surface area contributed by atoms with Gasteiger partial charge in [0.05, 0.1) is 6.10 Å². The number of hydrogen-bond acceptors (Lipinski definition) is 3. The molecule has 3 N–H and O–H groups in total. The molecule has 1 rings (SSSR count). The van der Waals surface area contributed by atoms with Crippen LogP contribution in [0.3, 0.4) is 0 Å². The van der Waals surface area contributed by atoms with E-state index in [0.29, 0.717) is 0 Å². The Kier molecular flexibility index (Phi) is 1.42. The molecule has 3 atom stereocenters. The highest BCUT2D eigenvalue weighted by Crippen LogP contribution is 2.11. The van der Waals surface area contributed by atoms with E-state index >= 15 is 0 Å². The third-order valence-electron chi connectivity index (χ3n) is 1.56. The highest BCUT2D eigenvalue weighted by Gasteiger charge is 2.40. The first-order valence-electron chi connectivity index (χ1n) is 2.80. The molecule has 1 heterocycles. The van der Waals surface area contributed by atoms with Crippen LogP contribution in [-0.2, 0) is 4.79 Å². The molecular formula is C5H9NO3. The molecule has 52 valence electrons. The fourth-order valence-electron chi connectivity index (χ4n) is 0.868. The quantitative estimate of drug-likeness (QED) is 0.417. The Morgan fingerprint density at radius 3 is 2.33 bits per heavy atom. The summed E-state index contributed by atoms with van der Waals surface area (Å²) in [6, 6.07) is -0.828. The number of hydrogen-bond donors (Lipinski definition) is 3. The molecule has 4 nitrogen and oxygen atoms in total. The Bertz CT molecular complexity index is 136. The van der Waals surface area contributed by atoms with Crippen molar-refractivity contribution < 1.29 is 15.0 Å². The average molecular weight is 131 g/mol. The molecule has 1 aliphatic rings. The lowest BCUT2D eigenvalue weighted by Gasteiger charge is -2.37. The zero-order chi connectivity index (χ0) is 7.02. The third kappa shape index (κ3) is 0.906. The Morgan fingerprint density at radius 1 is 1.67 bits per heavy atom. The first kappa shape index (κ1) is 6.51. The van der Waals surface area contributed by atoms with Gasteiger partial charge in [-0.2, -0.15) is 0 Å². The molecule has 0 amide bonds. The maximum Gasteiger partial charge on any atom is 0.323 e. The lowest BCUT2D eigenvalue weighted by molar-refractivity contribution is -0.148. The SMILES string of the molecule is CC1N[C@H](C(=O)O)[C@@H]1O. The lowest BCUT2D eigenvalue weighted by Crippen LogP contribution is -2.67. The van der Waals surface area contributed by atoms with Crippen LogP contribution < -0.4 is 5.32 Å². The number of aliphatic hydroxyl groups excluding tert-OH is 1. The van der Waals surface area contributed by atoms with Gasteiger partial charge in [-0.25, -0.2) is 0 Å². The largest absolute Gasteiger partial charge is 0.480 e. The minimum absolute atomic E-state index is 0.0777. The normalized spacial score (nSPS) is 41.8. The van der Waals surface area contributed by atoms with E-state index in [0.717, 1.165) is 0 Å². The van der Waals surface area contributed by atoms with Crippen molar-refractivity contribution in [1.82, 2.24) is 5.32 Å². The van der Waals surface area contributed by atoms with Crippen LogP contribution in [0.15, 0.2) is 0 Å². The van der Waals surface area contributed by atoms with Gasteiger partial charge in [-0.1, -0.05) is 0 Å². The number of rotatable bonds is 1. The number of carboxylic acids is 1. The summed E-state index contributed by atoms with van der Waals surface area (Å²) in [6.45, 7) is 1.74. The van der Waals surface area contributed by atoms with E-state index in [-0.39, 0.29) is 6.04 Å². The third-order valence-corrected chi connectivity index (χ3v) is 1.56. The summed E-state index contributed by atoms with van der Waals surface area (Å²) in [4.78, 5) is 10.1. The molecule has 1 aliphatic heterocycles. The van der Waals surface area contributed by atoms with Crippen LogP contribution in [0.5, 0.6) is 0 Å². The fraction of sp³-hybridized carbons (Fsp3) is 0.800. The van der Waals surface area contributed by atoms with Crippen molar-refractivity contribution in [2.45, 2.75) is 25.1 Å². The Balaban J connectivity index is 2.42. The second kappa shape index (κ2) is 1.97. The van der Waals surface area contributed by atoms with Crippen LogP contribution >= 0.6 is 0 Å². The Labute approximate surface area is 52.5 Å². The fourth-order valence-corrected chi connectivity index (χ4v) is 0.868. The van der Waals surface area contributed by atoms with Gasteiger partial charge in [0.1, 0.15) is 6.04 Å². The van der Waals surface area contributed by atoms with E-state index in [9.17, 15) is 4.79 Å². The van der Waals surface area contributed by atoms with Crippen LogP contribution in [0, 0.1) is 0 Å². The topological polar surface area (TPSA) is 69.6 Å². The smallest absolute Gasteiger partial charge is 0.323 e. The van der Waals surface area contributed by atoms with E-state index in [1.165, 1.54) is 0 Å². The molecule has 0 aromatic rings. The van der Waals surface area contributed by atoms with Gasteiger partial charge >= 0.3 is 5.97 Å². The van der Waals surface area contributed by atoms with Gasteiger partial charge < -0.3 is 10.2 Å². The standard InChI is InChI=1S/C5H9NO3/c1-2-4(7)3(6-2)5(8)9/h2-4,6-7H,1H3,(H,8,9)/t2?,3-,4+/m0/s1. The molecule has 0 saturated carbocycles. The molecule has 1 saturated heterocycles. The highest BCUT2D eigenvalue weighted by atomic mass is 16.4. The van der Waals surface area contributed by atoms with Crippen molar-refractivity contribution >= 4 is 5.97 Å². The number of nitrogens with one attached hydrogen (secondary N) is 1. The summed E-state index contributed by atoms with van der Waals surface area (Å²) in [5, 5.41) is 19.8. The summed E-state index contributed by atoms with van der Waals surface area (Å²) in [5.41, 5.74) is 0. The number of carbonyl (C=O) groups is 1. The van der Waals surface area contributed by atoms with E-state index in [4.69, 9.17) is 10.2 Å². The average Bonchev–Trinajstić information content (AvgIpc) is 1.81. The number of carboxylic acid groups (broad SMARTS) is 1. The number of aliphatic carboxylic acids is 1. The first-order chi connectivity index (χ1) is 4.13. The molecule has 0 aliphatic carbocycles. The second-order valence-electron chi connectivity index (χ2n) is 2.26. The predicted octanol–water partition coefficient (Wildman–Crippen LogP) is -1.21. The van der Waals surface area contributed by atoms with Crippen molar-refractivity contribution in [3.8, 4) is 0 Å². The molecule has 1 unspecified atom stereocenters. The van der Waals surface area contributed by atoms with Gasteiger partial charge in [0, 0.05) is 6.04 Å². The lowest BCUT2D eigenvalue weighted by atomic mass is 9.95. The van der Waals surface area contributed by atoms with Crippen LogP contribution in [0.1, 0.15) is 6.92 Å². The van der Waals surface area contributed by atoms with E-state index in [1.807, 2.05) is 0 Å². The van der Waals surface area contributed by atoms with Crippen LogP contribution in [-0.4, -0.2) is 34.4 Å². The van der Waals surface area contributed by atoms with Gasteiger partial charge in [-0.3, -0.25) is 10.1 Å². The molecule has 1 fully saturated rings. The monoisotopic (exact) mass is 131 g/mol. The predicted molar refractivity (Wildman–Crippen MR) is 30.0 cm³/mol. The molecule has 0 aromatic carbocycles. The summed E-state index contributed by atoms with van der Waals surface area (Å²) in [7, 11) is 0. The molecule has 0 bridgehead atoms. The van der Waals surface area contributed by atoms with E-state index in [2.05, 4.69) is 5.32 Å². The summed E-state index contributed by atoms with van der Waals surface area (Å²) < 4.78 is 0. The maximum atomic E-state index is 10.1. The number of aliphatic hydroxyl groups is 1.